The van der Waals surface area contributed by atoms with Crippen molar-refractivity contribution >= 4 is 22.4 Å². The van der Waals surface area contributed by atoms with Crippen molar-refractivity contribution in [3.05, 3.63) is 70.2 Å². The van der Waals surface area contributed by atoms with Gasteiger partial charge in [0.1, 0.15) is 17.5 Å². The van der Waals surface area contributed by atoms with E-state index in [2.05, 4.69) is 21.9 Å². The van der Waals surface area contributed by atoms with Gasteiger partial charge < -0.3 is 5.32 Å². The highest BCUT2D eigenvalue weighted by atomic mass is 19.3. The first-order valence-electron chi connectivity index (χ1n) is 9.70. The number of alkyl halides is 2. The molecule has 0 aliphatic carbocycles. The maximum absolute atomic E-state index is 14.3. The van der Waals surface area contributed by atoms with Crippen LogP contribution < -0.4 is 10.9 Å². The van der Waals surface area contributed by atoms with Crippen LogP contribution >= 0.6 is 0 Å². The lowest BCUT2D eigenvalue weighted by atomic mass is 10.1. The van der Waals surface area contributed by atoms with E-state index in [1.807, 2.05) is 20.8 Å². The van der Waals surface area contributed by atoms with Gasteiger partial charge in [-0.1, -0.05) is 45.5 Å². The fourth-order valence-electron chi connectivity index (χ4n) is 2.86. The van der Waals surface area contributed by atoms with Gasteiger partial charge in [-0.2, -0.15) is 0 Å². The van der Waals surface area contributed by atoms with Crippen LogP contribution in [0.15, 0.2) is 41.8 Å². The van der Waals surface area contributed by atoms with Crippen LogP contribution in [0.5, 0.6) is 0 Å². The summed E-state index contributed by atoms with van der Waals surface area (Å²) in [5, 5.41) is 3.52. The highest BCUT2D eigenvalue weighted by Crippen LogP contribution is 2.25. The van der Waals surface area contributed by atoms with Crippen molar-refractivity contribution in [2.45, 2.75) is 47.1 Å². The Hall–Kier alpha value is -3.16. The van der Waals surface area contributed by atoms with Gasteiger partial charge in [-0.05, 0) is 13.3 Å². The zero-order valence-corrected chi connectivity index (χ0v) is 17.5. The van der Waals surface area contributed by atoms with Crippen LogP contribution in [0.25, 0.3) is 16.6 Å². The first-order valence-corrected chi connectivity index (χ1v) is 9.70. The van der Waals surface area contributed by atoms with E-state index < -0.39 is 17.8 Å². The Labute approximate surface area is 173 Å². The van der Waals surface area contributed by atoms with Crippen molar-refractivity contribution < 1.29 is 13.2 Å². The molecule has 1 N–H and O–H groups in total. The molecule has 2 aromatic heterocycles. The number of fused-ring (bicyclic) bond motifs is 1. The van der Waals surface area contributed by atoms with E-state index in [-0.39, 0.29) is 17.7 Å². The number of rotatable bonds is 6. The zero-order valence-electron chi connectivity index (χ0n) is 17.5. The number of pyridine rings is 1. The summed E-state index contributed by atoms with van der Waals surface area (Å²) in [5.41, 5.74) is 0.222. The van der Waals surface area contributed by atoms with E-state index in [0.717, 1.165) is 6.07 Å². The van der Waals surface area contributed by atoms with Crippen LogP contribution in [0, 0.1) is 12.7 Å². The number of allylic oxidation sites excluding steroid dienone is 1. The number of hydrogen-bond acceptors (Lipinski definition) is 4. The summed E-state index contributed by atoms with van der Waals surface area (Å²) in [6, 6.07) is 5.25. The highest BCUT2D eigenvalue weighted by molar-refractivity contribution is 5.88. The summed E-state index contributed by atoms with van der Waals surface area (Å²) >= 11 is 0. The molecule has 0 fully saturated rings. The smallest absolute Gasteiger partial charge is 0.266 e. The summed E-state index contributed by atoms with van der Waals surface area (Å²) in [6.07, 6.45) is -0.736. The molecule has 0 aliphatic heterocycles. The minimum absolute atomic E-state index is 0.0498. The number of benzene rings is 1. The van der Waals surface area contributed by atoms with Crippen LogP contribution in [-0.2, 0) is 6.54 Å². The average molecular weight is 418 g/mol. The van der Waals surface area contributed by atoms with Crippen molar-refractivity contribution in [2.24, 2.45) is 0 Å². The summed E-state index contributed by atoms with van der Waals surface area (Å²) < 4.78 is 41.5. The normalized spacial score (nSPS) is 10.7. The number of nitrogens with one attached hydrogen (secondary N) is 1. The van der Waals surface area contributed by atoms with E-state index >= 15 is 0 Å². The maximum atomic E-state index is 14.3. The Kier molecular flexibility index (Phi) is 7.74. The molecule has 3 rings (SSSR count). The third-order valence-corrected chi connectivity index (χ3v) is 4.38. The van der Waals surface area contributed by atoms with E-state index in [4.69, 9.17) is 0 Å². The van der Waals surface area contributed by atoms with Gasteiger partial charge in [-0.15, -0.1) is 0 Å². The molecule has 0 bridgehead atoms. The van der Waals surface area contributed by atoms with Crippen LogP contribution in [0.3, 0.4) is 0 Å². The lowest BCUT2D eigenvalue weighted by Gasteiger charge is -2.13. The van der Waals surface area contributed by atoms with Gasteiger partial charge in [-0.25, -0.2) is 23.1 Å². The lowest BCUT2D eigenvalue weighted by molar-refractivity contribution is 0.146. The Balaban J connectivity index is 0.00000155. The topological polar surface area (TPSA) is 59.8 Å². The molecule has 0 spiro atoms. The van der Waals surface area contributed by atoms with Gasteiger partial charge in [0.05, 0.1) is 16.5 Å². The number of aryl methyl sites for hydroxylation is 1. The van der Waals surface area contributed by atoms with Gasteiger partial charge in [0.2, 0.25) is 0 Å². The van der Waals surface area contributed by atoms with Crippen molar-refractivity contribution in [2.75, 3.05) is 5.32 Å². The van der Waals surface area contributed by atoms with Gasteiger partial charge in [0.15, 0.2) is 0 Å². The van der Waals surface area contributed by atoms with Crippen molar-refractivity contribution in [1.82, 2.24) is 14.5 Å². The Bertz CT molecular complexity index is 1110. The van der Waals surface area contributed by atoms with Crippen LogP contribution in [0.1, 0.15) is 50.6 Å². The number of hydrogen-bond donors (Lipinski definition) is 1. The first kappa shape index (κ1) is 23.1. The Morgan fingerprint density at radius 3 is 2.60 bits per heavy atom. The molecule has 0 aliphatic rings. The molecule has 0 saturated carbocycles. The van der Waals surface area contributed by atoms with E-state index in [1.54, 1.807) is 13.1 Å². The number of nitrogens with zero attached hydrogens (tertiary/aromatic N) is 3. The van der Waals surface area contributed by atoms with Crippen LogP contribution in [-0.4, -0.2) is 14.5 Å². The molecular formula is C22H25F3N4O. The van der Waals surface area contributed by atoms with Crippen molar-refractivity contribution in [1.29, 1.82) is 0 Å². The molecule has 8 heteroatoms. The largest absolute Gasteiger partial charge is 0.365 e. The molecule has 0 radical (unpaired) electrons. The van der Waals surface area contributed by atoms with E-state index in [1.165, 1.54) is 22.8 Å². The number of anilines is 1. The van der Waals surface area contributed by atoms with E-state index in [9.17, 15) is 18.0 Å². The second kappa shape index (κ2) is 10.0. The van der Waals surface area contributed by atoms with Crippen molar-refractivity contribution in [3.8, 4) is 0 Å². The maximum Gasteiger partial charge on any atom is 0.266 e. The van der Waals surface area contributed by atoms with Crippen molar-refractivity contribution in [3.63, 3.8) is 0 Å². The van der Waals surface area contributed by atoms with Gasteiger partial charge in [-0.3, -0.25) is 9.36 Å². The van der Waals surface area contributed by atoms with Crippen LogP contribution in [0.2, 0.25) is 0 Å². The third-order valence-electron chi connectivity index (χ3n) is 4.38. The standard InChI is InChI=1S/C20H19F3N4O.C2H6/c1-4-11(2)27-10-15-16(8-17(27)28)25-12(3)26-20(15)24-9-13-6-5-7-14(18(13)21)19(22)23;1-2/h5-8,10,19H,2,4,9H2,1,3H3,(H,24,25,26);1-2H3. The monoisotopic (exact) mass is 418 g/mol. The Morgan fingerprint density at radius 2 is 1.97 bits per heavy atom. The molecule has 160 valence electrons. The average Bonchev–Trinajstić information content (AvgIpc) is 2.72. The molecule has 0 saturated heterocycles. The number of halogens is 3. The van der Waals surface area contributed by atoms with Gasteiger partial charge in [0.25, 0.3) is 12.0 Å². The summed E-state index contributed by atoms with van der Waals surface area (Å²) in [5.74, 6) is -0.151. The molecule has 30 heavy (non-hydrogen) atoms. The minimum Gasteiger partial charge on any atom is -0.365 e. The van der Waals surface area contributed by atoms with E-state index in [0.29, 0.717) is 34.7 Å². The second-order valence-electron chi connectivity index (χ2n) is 6.29. The summed E-state index contributed by atoms with van der Waals surface area (Å²) in [7, 11) is 0. The molecule has 0 unspecified atom stereocenters. The summed E-state index contributed by atoms with van der Waals surface area (Å²) in [6.45, 7) is 11.4. The Morgan fingerprint density at radius 1 is 1.27 bits per heavy atom. The second-order valence-corrected chi connectivity index (χ2v) is 6.29. The first-order chi connectivity index (χ1) is 14.3. The highest BCUT2D eigenvalue weighted by Gasteiger charge is 2.16. The zero-order chi connectivity index (χ0) is 22.4. The summed E-state index contributed by atoms with van der Waals surface area (Å²) in [4.78, 5) is 20.9. The van der Waals surface area contributed by atoms with Gasteiger partial charge in [0, 0.05) is 30.1 Å². The SMILES string of the molecule is C=C(CC)n1cc2c(NCc3cccc(C(F)F)c3F)nc(C)nc2cc1=O.CC. The minimum atomic E-state index is -2.89. The predicted octanol–water partition coefficient (Wildman–Crippen LogP) is 5.70. The quantitative estimate of drug-likeness (QED) is 0.558. The molecule has 5 nitrogen and oxygen atoms in total. The van der Waals surface area contributed by atoms with Crippen LogP contribution in [0.4, 0.5) is 19.0 Å². The lowest BCUT2D eigenvalue weighted by Crippen LogP contribution is -2.18. The number of aromatic nitrogens is 3. The third kappa shape index (κ3) is 4.87. The fourth-order valence-corrected chi connectivity index (χ4v) is 2.86. The molecule has 0 atom stereocenters. The predicted molar refractivity (Wildman–Crippen MR) is 114 cm³/mol. The molecule has 3 aromatic rings. The molecule has 2 heterocycles. The molecule has 1 aromatic carbocycles. The van der Waals surface area contributed by atoms with Gasteiger partial charge >= 0.3 is 0 Å². The fraction of sp³-hybridized carbons (Fsp3) is 0.318. The molecule has 0 amide bonds. The molecular weight excluding hydrogens is 393 g/mol.